The maximum atomic E-state index is 13.4. The number of hydrogen-bond acceptors (Lipinski definition) is 2. The molecule has 0 fully saturated rings. The molecule has 0 unspecified atom stereocenters. The third-order valence-corrected chi connectivity index (χ3v) is 2.35. The van der Waals surface area contributed by atoms with Gasteiger partial charge in [0.2, 0.25) is 0 Å². The predicted molar refractivity (Wildman–Crippen MR) is 59.7 cm³/mol. The van der Waals surface area contributed by atoms with Crippen molar-refractivity contribution in [3.8, 4) is 0 Å². The molecule has 76 valence electrons. The molecule has 1 aromatic rings. The molecule has 2 nitrogen and oxygen atoms in total. The van der Waals surface area contributed by atoms with Crippen molar-refractivity contribution < 1.29 is 13.9 Å². The first-order valence-corrected chi connectivity index (χ1v) is 5.25. The number of rotatable bonds is 2. The van der Waals surface area contributed by atoms with E-state index in [0.29, 0.717) is 3.57 Å². The van der Waals surface area contributed by atoms with Crippen LogP contribution in [-0.2, 0) is 4.74 Å². The zero-order valence-corrected chi connectivity index (χ0v) is 10.0. The summed E-state index contributed by atoms with van der Waals surface area (Å²) >= 11 is 1.83. The van der Waals surface area contributed by atoms with Gasteiger partial charge in [0.05, 0.1) is 11.7 Å². The van der Waals surface area contributed by atoms with Gasteiger partial charge in [-0.1, -0.05) is 6.07 Å². The minimum atomic E-state index is -0.615. The number of hydrogen-bond donors (Lipinski definition) is 0. The molecule has 0 aliphatic heterocycles. The molecule has 0 aliphatic rings. The fourth-order valence-corrected chi connectivity index (χ4v) is 1.44. The lowest BCUT2D eigenvalue weighted by molar-refractivity contribution is 0.0372. The maximum Gasteiger partial charge on any atom is 0.341 e. The summed E-state index contributed by atoms with van der Waals surface area (Å²) < 4.78 is 18.7. The van der Waals surface area contributed by atoms with Crippen LogP contribution in [-0.4, -0.2) is 12.1 Å². The van der Waals surface area contributed by atoms with Crippen molar-refractivity contribution in [3.63, 3.8) is 0 Å². The first kappa shape index (κ1) is 11.4. The Hall–Kier alpha value is -0.650. The molecule has 14 heavy (non-hydrogen) atoms. The highest BCUT2D eigenvalue weighted by Crippen LogP contribution is 2.16. The molecule has 1 aromatic carbocycles. The van der Waals surface area contributed by atoms with Crippen LogP contribution in [0.3, 0.4) is 0 Å². The summed E-state index contributed by atoms with van der Waals surface area (Å²) in [5.41, 5.74) is -0.00870. The zero-order valence-electron chi connectivity index (χ0n) is 7.88. The number of carbonyl (C=O) groups is 1. The molecule has 0 aromatic heterocycles. The van der Waals surface area contributed by atoms with Crippen molar-refractivity contribution in [1.82, 2.24) is 0 Å². The van der Waals surface area contributed by atoms with Gasteiger partial charge in [-0.15, -0.1) is 0 Å². The number of carbonyl (C=O) groups excluding carboxylic acids is 1. The Bertz CT molecular complexity index is 350. The van der Waals surface area contributed by atoms with E-state index in [4.69, 9.17) is 4.74 Å². The van der Waals surface area contributed by atoms with Crippen molar-refractivity contribution in [2.45, 2.75) is 20.0 Å². The molecule has 0 aliphatic carbocycles. The Kier molecular flexibility index (Phi) is 3.86. The lowest BCUT2D eigenvalue weighted by Crippen LogP contribution is -2.13. The fourth-order valence-electron chi connectivity index (χ4n) is 0.939. The third-order valence-electron chi connectivity index (χ3n) is 1.51. The topological polar surface area (TPSA) is 26.3 Å². The van der Waals surface area contributed by atoms with Crippen LogP contribution >= 0.6 is 22.6 Å². The van der Waals surface area contributed by atoms with E-state index in [9.17, 15) is 9.18 Å². The van der Waals surface area contributed by atoms with Gasteiger partial charge < -0.3 is 4.74 Å². The van der Waals surface area contributed by atoms with Crippen LogP contribution in [0.2, 0.25) is 0 Å². The van der Waals surface area contributed by atoms with Gasteiger partial charge in [0.15, 0.2) is 5.82 Å². The van der Waals surface area contributed by atoms with Crippen molar-refractivity contribution >= 4 is 28.6 Å². The Morgan fingerprint density at radius 2 is 2.14 bits per heavy atom. The monoisotopic (exact) mass is 308 g/mol. The highest BCUT2D eigenvalue weighted by atomic mass is 127. The average molecular weight is 308 g/mol. The molecule has 0 saturated heterocycles. The van der Waals surface area contributed by atoms with E-state index in [0.717, 1.165) is 0 Å². The van der Waals surface area contributed by atoms with Crippen molar-refractivity contribution in [1.29, 1.82) is 0 Å². The van der Waals surface area contributed by atoms with E-state index in [1.54, 1.807) is 26.0 Å². The van der Waals surface area contributed by atoms with Gasteiger partial charge in [-0.2, -0.15) is 0 Å². The number of ether oxygens (including phenoxy) is 1. The highest BCUT2D eigenvalue weighted by Gasteiger charge is 2.15. The van der Waals surface area contributed by atoms with Gasteiger partial charge >= 0.3 is 5.97 Å². The standard InChI is InChI=1S/C10H10FIO2/c1-6(2)14-10(13)7-4-3-5-8(12)9(7)11/h3-6H,1-2H3. The Labute approximate surface area is 95.6 Å². The number of esters is 1. The van der Waals surface area contributed by atoms with E-state index in [1.165, 1.54) is 6.07 Å². The maximum absolute atomic E-state index is 13.4. The Morgan fingerprint density at radius 3 is 2.71 bits per heavy atom. The summed E-state index contributed by atoms with van der Waals surface area (Å²) in [6.07, 6.45) is -0.236. The smallest absolute Gasteiger partial charge is 0.341 e. The second kappa shape index (κ2) is 4.72. The summed E-state index contributed by atoms with van der Waals surface area (Å²) in [7, 11) is 0. The minimum absolute atomic E-state index is 0.00870. The molecule has 1 rings (SSSR count). The van der Waals surface area contributed by atoms with Gasteiger partial charge in [-0.05, 0) is 48.6 Å². The van der Waals surface area contributed by atoms with E-state index in [-0.39, 0.29) is 11.7 Å². The van der Waals surface area contributed by atoms with Gasteiger partial charge in [-0.25, -0.2) is 9.18 Å². The van der Waals surface area contributed by atoms with Crippen molar-refractivity contribution in [2.24, 2.45) is 0 Å². The van der Waals surface area contributed by atoms with Crippen LogP contribution in [0.5, 0.6) is 0 Å². The van der Waals surface area contributed by atoms with E-state index < -0.39 is 11.8 Å². The van der Waals surface area contributed by atoms with Crippen LogP contribution in [0, 0.1) is 9.39 Å². The molecule has 0 saturated carbocycles. The second-order valence-corrected chi connectivity index (χ2v) is 4.22. The summed E-state index contributed by atoms with van der Waals surface area (Å²) in [5, 5.41) is 0. The van der Waals surface area contributed by atoms with E-state index in [1.807, 2.05) is 22.6 Å². The molecule has 4 heteroatoms. The van der Waals surface area contributed by atoms with Crippen molar-refractivity contribution in [2.75, 3.05) is 0 Å². The molecule has 0 N–H and O–H groups in total. The van der Waals surface area contributed by atoms with E-state index >= 15 is 0 Å². The molecule has 0 radical (unpaired) electrons. The molecule has 0 amide bonds. The fraction of sp³-hybridized carbons (Fsp3) is 0.300. The van der Waals surface area contributed by atoms with Gasteiger partial charge in [0.25, 0.3) is 0 Å². The predicted octanol–water partition coefficient (Wildman–Crippen LogP) is 3.00. The first-order valence-electron chi connectivity index (χ1n) is 4.17. The minimum Gasteiger partial charge on any atom is -0.459 e. The SMILES string of the molecule is CC(C)OC(=O)c1cccc(I)c1F. The molecule has 0 atom stereocenters. The summed E-state index contributed by atoms with van der Waals surface area (Å²) in [6.45, 7) is 3.45. The second-order valence-electron chi connectivity index (χ2n) is 3.06. The molecular formula is C10H10FIO2. The Morgan fingerprint density at radius 1 is 1.50 bits per heavy atom. The zero-order chi connectivity index (χ0) is 10.7. The van der Waals surface area contributed by atoms with Crippen LogP contribution in [0.1, 0.15) is 24.2 Å². The van der Waals surface area contributed by atoms with Crippen molar-refractivity contribution in [3.05, 3.63) is 33.1 Å². The first-order chi connectivity index (χ1) is 6.52. The van der Waals surface area contributed by atoms with Crippen LogP contribution < -0.4 is 0 Å². The lowest BCUT2D eigenvalue weighted by atomic mass is 10.2. The summed E-state index contributed by atoms with van der Waals surface area (Å²) in [4.78, 5) is 11.4. The lowest BCUT2D eigenvalue weighted by Gasteiger charge is -2.08. The van der Waals surface area contributed by atoms with Crippen LogP contribution in [0.25, 0.3) is 0 Å². The van der Waals surface area contributed by atoms with Gasteiger partial charge in [0, 0.05) is 3.57 Å². The third kappa shape index (κ3) is 2.67. The van der Waals surface area contributed by atoms with Gasteiger partial charge in [-0.3, -0.25) is 0 Å². The average Bonchev–Trinajstić information content (AvgIpc) is 2.08. The molecule has 0 heterocycles. The number of halogens is 2. The molecule has 0 bridgehead atoms. The molecular weight excluding hydrogens is 298 g/mol. The largest absolute Gasteiger partial charge is 0.459 e. The molecule has 0 spiro atoms. The quantitative estimate of drug-likeness (QED) is 0.620. The van der Waals surface area contributed by atoms with Crippen LogP contribution in [0.4, 0.5) is 4.39 Å². The normalized spacial score (nSPS) is 10.4. The Balaban J connectivity index is 2.96. The summed E-state index contributed by atoms with van der Waals surface area (Å²) in [6, 6.07) is 4.64. The highest BCUT2D eigenvalue weighted by molar-refractivity contribution is 14.1. The van der Waals surface area contributed by atoms with E-state index in [2.05, 4.69) is 0 Å². The van der Waals surface area contributed by atoms with Crippen LogP contribution in [0.15, 0.2) is 18.2 Å². The number of benzene rings is 1. The van der Waals surface area contributed by atoms with Gasteiger partial charge in [0.1, 0.15) is 0 Å². The summed E-state index contributed by atoms with van der Waals surface area (Å²) in [5.74, 6) is -1.13.